The minimum Gasteiger partial charge on any atom is -0.400 e. The van der Waals surface area contributed by atoms with Gasteiger partial charge in [0, 0.05) is 23.1 Å². The maximum atomic E-state index is 12.3. The smallest absolute Gasteiger partial charge is 0.161 e. The van der Waals surface area contributed by atoms with E-state index in [1.165, 1.54) is 0 Å². The molecule has 1 fully saturated rings. The third-order valence-electron chi connectivity index (χ3n) is 5.56. The van der Waals surface area contributed by atoms with Crippen LogP contribution >= 0.6 is 0 Å². The predicted molar refractivity (Wildman–Crippen MR) is 74.7 cm³/mol. The SMILES string of the molecule is CC1=C(N)[C@@]2(C#N)C[C@@H](C)CC(C#N)(C#N)C2(C)CC1=O. The summed E-state index contributed by atoms with van der Waals surface area (Å²) < 4.78 is 0. The number of allylic oxidation sites excluding steroid dienone is 2. The van der Waals surface area contributed by atoms with E-state index in [4.69, 9.17) is 5.73 Å². The summed E-state index contributed by atoms with van der Waals surface area (Å²) in [6.07, 6.45) is 0.849. The number of nitriles is 3. The highest BCUT2D eigenvalue weighted by Gasteiger charge is 2.68. The maximum Gasteiger partial charge on any atom is 0.161 e. The second-order valence-corrected chi connectivity index (χ2v) is 6.63. The van der Waals surface area contributed by atoms with Crippen LogP contribution in [0, 0.1) is 56.2 Å². The fraction of sp³-hybridized carbons (Fsp3) is 0.625. The molecule has 2 aliphatic carbocycles. The Morgan fingerprint density at radius 2 is 1.76 bits per heavy atom. The number of hydrogen-bond donors (Lipinski definition) is 1. The van der Waals surface area contributed by atoms with Crippen molar-refractivity contribution in [1.29, 1.82) is 15.8 Å². The Labute approximate surface area is 124 Å². The molecule has 2 rings (SSSR count). The van der Waals surface area contributed by atoms with E-state index in [9.17, 15) is 20.6 Å². The molecule has 0 aromatic heterocycles. The Morgan fingerprint density at radius 3 is 2.24 bits per heavy atom. The molecule has 108 valence electrons. The molecule has 0 aromatic rings. The van der Waals surface area contributed by atoms with Crippen molar-refractivity contribution >= 4 is 5.78 Å². The first-order chi connectivity index (χ1) is 9.73. The van der Waals surface area contributed by atoms with Crippen LogP contribution in [-0.2, 0) is 4.79 Å². The van der Waals surface area contributed by atoms with Gasteiger partial charge in [-0.25, -0.2) is 0 Å². The van der Waals surface area contributed by atoms with Crippen molar-refractivity contribution in [3.05, 3.63) is 11.3 Å². The lowest BCUT2D eigenvalue weighted by Gasteiger charge is -2.57. The van der Waals surface area contributed by atoms with Crippen molar-refractivity contribution in [3.63, 3.8) is 0 Å². The molecule has 0 radical (unpaired) electrons. The molecule has 0 aromatic carbocycles. The van der Waals surface area contributed by atoms with E-state index in [1.807, 2.05) is 6.92 Å². The molecule has 1 unspecified atom stereocenters. The van der Waals surface area contributed by atoms with Crippen molar-refractivity contribution in [2.75, 3.05) is 0 Å². The Morgan fingerprint density at radius 1 is 1.19 bits per heavy atom. The van der Waals surface area contributed by atoms with Crippen LogP contribution in [0.2, 0.25) is 0 Å². The third kappa shape index (κ3) is 1.51. The Hall–Kier alpha value is -2.32. The molecule has 0 bridgehead atoms. The van der Waals surface area contributed by atoms with Gasteiger partial charge in [-0.05, 0) is 25.7 Å². The standard InChI is InChI=1S/C16H18N4O/c1-10-4-15(7-17,8-18)14(3)6-12(21)11(2)13(20)16(14,5-10)9-19/h10H,4-6,20H2,1-3H3/t10-,14?,16-/m0/s1. The van der Waals surface area contributed by atoms with Crippen LogP contribution in [0.3, 0.4) is 0 Å². The summed E-state index contributed by atoms with van der Waals surface area (Å²) in [4.78, 5) is 12.3. The fourth-order valence-electron chi connectivity index (χ4n) is 4.16. The first kappa shape index (κ1) is 15.1. The number of carbonyl (C=O) groups is 1. The molecule has 0 spiro atoms. The average Bonchev–Trinajstić information content (AvgIpc) is 2.46. The second kappa shape index (κ2) is 4.34. The molecule has 5 heteroatoms. The number of rotatable bonds is 0. The van der Waals surface area contributed by atoms with Crippen LogP contribution < -0.4 is 5.73 Å². The van der Waals surface area contributed by atoms with Gasteiger partial charge in [-0.15, -0.1) is 0 Å². The number of nitrogens with two attached hydrogens (primary N) is 1. The number of ketones is 1. The quantitative estimate of drug-likeness (QED) is 0.731. The zero-order valence-corrected chi connectivity index (χ0v) is 12.5. The zero-order chi connectivity index (χ0) is 16.1. The second-order valence-electron chi connectivity index (χ2n) is 6.63. The van der Waals surface area contributed by atoms with E-state index < -0.39 is 16.2 Å². The highest BCUT2D eigenvalue weighted by molar-refractivity contribution is 5.98. The van der Waals surface area contributed by atoms with E-state index >= 15 is 0 Å². The van der Waals surface area contributed by atoms with Crippen LogP contribution in [0.15, 0.2) is 11.3 Å². The summed E-state index contributed by atoms with van der Waals surface area (Å²) in [5.74, 6) is -0.165. The van der Waals surface area contributed by atoms with Gasteiger partial charge in [-0.3, -0.25) is 4.79 Å². The molecule has 3 atom stereocenters. The van der Waals surface area contributed by atoms with Crippen LogP contribution in [0.4, 0.5) is 0 Å². The lowest BCUT2D eigenvalue weighted by molar-refractivity contribution is -0.126. The van der Waals surface area contributed by atoms with E-state index in [-0.39, 0.29) is 23.8 Å². The molecule has 21 heavy (non-hydrogen) atoms. The maximum absolute atomic E-state index is 12.3. The minimum atomic E-state index is -1.37. The van der Waals surface area contributed by atoms with Crippen molar-refractivity contribution in [2.45, 2.75) is 40.0 Å². The van der Waals surface area contributed by atoms with Gasteiger partial charge in [0.05, 0.1) is 18.2 Å². The van der Waals surface area contributed by atoms with Crippen LogP contribution in [0.1, 0.15) is 40.0 Å². The van der Waals surface area contributed by atoms with E-state index in [2.05, 4.69) is 18.2 Å². The molecule has 0 saturated heterocycles. The molecule has 5 nitrogen and oxygen atoms in total. The monoisotopic (exact) mass is 282 g/mol. The van der Waals surface area contributed by atoms with Crippen molar-refractivity contribution < 1.29 is 4.79 Å². The zero-order valence-electron chi connectivity index (χ0n) is 12.5. The summed E-state index contributed by atoms with van der Waals surface area (Å²) in [6.45, 7) is 5.24. The number of fused-ring (bicyclic) bond motifs is 1. The summed E-state index contributed by atoms with van der Waals surface area (Å²) in [7, 11) is 0. The lowest BCUT2D eigenvalue weighted by atomic mass is 9.41. The summed E-state index contributed by atoms with van der Waals surface area (Å²) in [5.41, 5.74) is 3.22. The minimum absolute atomic E-state index is 0.0107. The lowest BCUT2D eigenvalue weighted by Crippen LogP contribution is -2.60. The molecule has 0 heterocycles. The molecular weight excluding hydrogens is 264 g/mol. The van der Waals surface area contributed by atoms with Gasteiger partial charge in [0.15, 0.2) is 11.2 Å². The van der Waals surface area contributed by atoms with Crippen molar-refractivity contribution in [3.8, 4) is 18.2 Å². The molecule has 1 saturated carbocycles. The van der Waals surface area contributed by atoms with E-state index in [0.29, 0.717) is 18.4 Å². The molecule has 2 aliphatic rings. The van der Waals surface area contributed by atoms with E-state index in [0.717, 1.165) is 0 Å². The average molecular weight is 282 g/mol. The van der Waals surface area contributed by atoms with Crippen LogP contribution in [-0.4, -0.2) is 5.78 Å². The highest BCUT2D eigenvalue weighted by Crippen LogP contribution is 2.66. The van der Waals surface area contributed by atoms with Gasteiger partial charge < -0.3 is 5.73 Å². The number of carbonyl (C=O) groups excluding carboxylic acids is 1. The summed E-state index contributed by atoms with van der Waals surface area (Å²) in [6, 6.07) is 6.50. The van der Waals surface area contributed by atoms with Gasteiger partial charge in [-0.1, -0.05) is 13.8 Å². The summed E-state index contributed by atoms with van der Waals surface area (Å²) in [5, 5.41) is 29.2. The van der Waals surface area contributed by atoms with Gasteiger partial charge in [0.2, 0.25) is 0 Å². The van der Waals surface area contributed by atoms with Gasteiger partial charge in [0.25, 0.3) is 0 Å². The number of nitrogens with zero attached hydrogens (tertiary/aromatic N) is 3. The Balaban J connectivity index is 2.87. The highest BCUT2D eigenvalue weighted by atomic mass is 16.1. The van der Waals surface area contributed by atoms with Gasteiger partial charge in [-0.2, -0.15) is 15.8 Å². The van der Waals surface area contributed by atoms with Crippen LogP contribution in [0.25, 0.3) is 0 Å². The van der Waals surface area contributed by atoms with Crippen molar-refractivity contribution in [2.24, 2.45) is 27.9 Å². The molecule has 0 aliphatic heterocycles. The normalized spacial score (nSPS) is 37.9. The molecule has 0 amide bonds. The predicted octanol–water partition coefficient (Wildman–Crippen LogP) is 2.17. The van der Waals surface area contributed by atoms with E-state index in [1.54, 1.807) is 13.8 Å². The Bertz CT molecular complexity index is 658. The third-order valence-corrected chi connectivity index (χ3v) is 5.56. The Kier molecular flexibility index (Phi) is 3.11. The summed E-state index contributed by atoms with van der Waals surface area (Å²) >= 11 is 0. The topological polar surface area (TPSA) is 114 Å². The van der Waals surface area contributed by atoms with Crippen molar-refractivity contribution in [1.82, 2.24) is 0 Å². The fourth-order valence-corrected chi connectivity index (χ4v) is 4.16. The van der Waals surface area contributed by atoms with Crippen LogP contribution in [0.5, 0.6) is 0 Å². The van der Waals surface area contributed by atoms with Gasteiger partial charge >= 0.3 is 0 Å². The largest absolute Gasteiger partial charge is 0.400 e. The number of Topliss-reactive ketones (excluding diaryl/α,β-unsaturated/α-hetero) is 1. The molecule has 2 N–H and O–H groups in total. The van der Waals surface area contributed by atoms with Gasteiger partial charge in [0.1, 0.15) is 5.41 Å². The molecular formula is C16H18N4O. The first-order valence-electron chi connectivity index (χ1n) is 6.97. The number of hydrogen-bond acceptors (Lipinski definition) is 5. The first-order valence-corrected chi connectivity index (χ1v) is 6.97.